The lowest BCUT2D eigenvalue weighted by Gasteiger charge is -2.23. The molecule has 3 rings (SSSR count). The molecule has 0 aromatic heterocycles. The number of carbonyl (C=O) groups excluding carboxylic acids is 2. The topological polar surface area (TPSA) is 126 Å². The van der Waals surface area contributed by atoms with Gasteiger partial charge in [-0.2, -0.15) is 5.10 Å². The average Bonchev–Trinajstić information content (AvgIpc) is 2.91. The first-order valence-corrected chi connectivity index (χ1v) is 13.7. The Kier molecular flexibility index (Phi) is 10.3. The van der Waals surface area contributed by atoms with Crippen LogP contribution in [0.25, 0.3) is 0 Å². The molecule has 2 N–H and O–H groups in total. The summed E-state index contributed by atoms with van der Waals surface area (Å²) < 4.78 is 38.4. The zero-order valence-electron chi connectivity index (χ0n) is 21.6. The van der Waals surface area contributed by atoms with Crippen molar-refractivity contribution in [2.45, 2.75) is 24.8 Å². The molecule has 0 unspecified atom stereocenters. The van der Waals surface area contributed by atoms with Crippen molar-refractivity contribution < 1.29 is 27.5 Å². The van der Waals surface area contributed by atoms with Gasteiger partial charge in [0.2, 0.25) is 0 Å². The fourth-order valence-corrected chi connectivity index (χ4v) is 4.85. The minimum Gasteiger partial charge on any atom is -0.497 e. The van der Waals surface area contributed by atoms with Crippen molar-refractivity contribution in [3.05, 3.63) is 83.4 Å². The van der Waals surface area contributed by atoms with Gasteiger partial charge in [-0.15, -0.1) is 0 Å². The molecule has 206 valence electrons. The summed E-state index contributed by atoms with van der Waals surface area (Å²) in [5.74, 6) is 0.113. The van der Waals surface area contributed by atoms with Crippen LogP contribution >= 0.6 is 11.6 Å². The van der Waals surface area contributed by atoms with E-state index in [0.29, 0.717) is 22.1 Å². The minimum atomic E-state index is -4.11. The fraction of sp³-hybridized carbons (Fsp3) is 0.222. The van der Waals surface area contributed by atoms with Crippen molar-refractivity contribution in [3.63, 3.8) is 0 Å². The van der Waals surface area contributed by atoms with Crippen LogP contribution in [0.15, 0.2) is 82.8 Å². The molecule has 39 heavy (non-hydrogen) atoms. The molecule has 3 aromatic carbocycles. The molecule has 0 atom stereocenters. The molecule has 2 amide bonds. The van der Waals surface area contributed by atoms with E-state index in [-0.39, 0.29) is 29.1 Å². The van der Waals surface area contributed by atoms with E-state index in [1.807, 2.05) is 13.8 Å². The van der Waals surface area contributed by atoms with Crippen LogP contribution in [0.5, 0.6) is 11.5 Å². The number of hydrogen-bond acceptors (Lipinski definition) is 7. The summed E-state index contributed by atoms with van der Waals surface area (Å²) in [6, 6.07) is 18.7. The third kappa shape index (κ3) is 8.72. The molecule has 0 bridgehead atoms. The number of anilines is 1. The highest BCUT2D eigenvalue weighted by atomic mass is 35.5. The van der Waals surface area contributed by atoms with E-state index in [2.05, 4.69) is 15.8 Å². The van der Waals surface area contributed by atoms with Gasteiger partial charge in [-0.3, -0.25) is 13.9 Å². The number of hydrazone groups is 1. The van der Waals surface area contributed by atoms with Crippen LogP contribution in [0.4, 0.5) is 5.69 Å². The van der Waals surface area contributed by atoms with Gasteiger partial charge in [0.1, 0.15) is 18.0 Å². The zero-order valence-corrected chi connectivity index (χ0v) is 23.2. The smallest absolute Gasteiger partial charge is 0.264 e. The van der Waals surface area contributed by atoms with Crippen molar-refractivity contribution in [2.75, 3.05) is 24.6 Å². The number of amides is 2. The third-order valence-corrected chi connectivity index (χ3v) is 7.19. The maximum absolute atomic E-state index is 13.4. The molecule has 0 spiro atoms. The number of nitrogens with zero attached hydrogens (tertiary/aromatic N) is 2. The van der Waals surface area contributed by atoms with Crippen LogP contribution in [-0.2, 0) is 19.6 Å². The predicted molar refractivity (Wildman–Crippen MR) is 150 cm³/mol. The Balaban J connectivity index is 1.67. The quantitative estimate of drug-likeness (QED) is 0.252. The Morgan fingerprint density at radius 2 is 1.56 bits per heavy atom. The van der Waals surface area contributed by atoms with E-state index in [0.717, 1.165) is 4.31 Å². The molecule has 12 heteroatoms. The van der Waals surface area contributed by atoms with E-state index < -0.39 is 22.5 Å². The Morgan fingerprint density at radius 3 is 2.15 bits per heavy atom. The zero-order chi connectivity index (χ0) is 28.4. The lowest BCUT2D eigenvalue weighted by Crippen LogP contribution is -2.39. The molecule has 0 saturated carbocycles. The van der Waals surface area contributed by atoms with Crippen molar-refractivity contribution in [2.24, 2.45) is 5.10 Å². The molecule has 3 aromatic rings. The fourth-order valence-electron chi connectivity index (χ4n) is 3.30. The highest BCUT2D eigenvalue weighted by molar-refractivity contribution is 7.92. The largest absolute Gasteiger partial charge is 0.497 e. The van der Waals surface area contributed by atoms with E-state index in [4.69, 9.17) is 21.1 Å². The Bertz CT molecular complexity index is 1390. The minimum absolute atomic E-state index is 0.0152. The number of ether oxygens (including phenoxy) is 2. The molecule has 0 radical (unpaired) electrons. The lowest BCUT2D eigenvalue weighted by atomic mass is 10.2. The second kappa shape index (κ2) is 13.6. The number of carbonyl (C=O) groups is 2. The summed E-state index contributed by atoms with van der Waals surface area (Å²) in [5.41, 5.74) is 3.26. The van der Waals surface area contributed by atoms with Gasteiger partial charge in [0, 0.05) is 11.1 Å². The summed E-state index contributed by atoms with van der Waals surface area (Å²) >= 11 is 5.97. The number of halogens is 1. The number of sulfonamides is 1. The summed E-state index contributed by atoms with van der Waals surface area (Å²) in [7, 11) is -2.63. The molecular weight excluding hydrogens is 544 g/mol. The Morgan fingerprint density at radius 1 is 0.949 bits per heavy atom. The van der Waals surface area contributed by atoms with Crippen LogP contribution in [0, 0.1) is 0 Å². The molecule has 0 fully saturated rings. The number of rotatable bonds is 12. The van der Waals surface area contributed by atoms with Crippen LogP contribution in [0.3, 0.4) is 0 Å². The van der Waals surface area contributed by atoms with Crippen LogP contribution < -0.4 is 24.5 Å². The molecule has 0 aliphatic rings. The third-order valence-electron chi connectivity index (χ3n) is 5.15. The first-order chi connectivity index (χ1) is 18.6. The van der Waals surface area contributed by atoms with Gasteiger partial charge in [0.05, 0.1) is 23.9 Å². The van der Waals surface area contributed by atoms with Crippen molar-refractivity contribution in [3.8, 4) is 11.5 Å². The lowest BCUT2D eigenvalue weighted by molar-refractivity contribution is -0.123. The second-order valence-electron chi connectivity index (χ2n) is 8.54. The number of nitrogens with one attached hydrogen (secondary N) is 2. The molecule has 10 nitrogen and oxygen atoms in total. The first kappa shape index (κ1) is 29.5. The number of hydrogen-bond donors (Lipinski definition) is 2. The van der Waals surface area contributed by atoms with Crippen molar-refractivity contribution in [1.29, 1.82) is 0 Å². The monoisotopic (exact) mass is 572 g/mol. The average molecular weight is 573 g/mol. The van der Waals surface area contributed by atoms with Gasteiger partial charge >= 0.3 is 0 Å². The van der Waals surface area contributed by atoms with Gasteiger partial charge < -0.3 is 14.8 Å². The SMILES string of the molecule is COc1ccc(S(=O)(=O)N(CC(=O)N/N=C/c2ccc(OCC(=O)NC(C)C)cc2)c2ccc(Cl)cc2)cc1. The second-order valence-corrected chi connectivity index (χ2v) is 10.8. The van der Waals surface area contributed by atoms with Gasteiger partial charge in [0.25, 0.3) is 21.8 Å². The van der Waals surface area contributed by atoms with Gasteiger partial charge in [-0.05, 0) is 92.2 Å². The van der Waals surface area contributed by atoms with E-state index in [1.54, 1.807) is 24.3 Å². The van der Waals surface area contributed by atoms with E-state index in [1.165, 1.54) is 61.9 Å². The van der Waals surface area contributed by atoms with Crippen LogP contribution in [0.2, 0.25) is 5.02 Å². The maximum atomic E-state index is 13.4. The van der Waals surface area contributed by atoms with Gasteiger partial charge in [-0.1, -0.05) is 11.6 Å². The van der Waals surface area contributed by atoms with Crippen LogP contribution in [0.1, 0.15) is 19.4 Å². The molecular formula is C27H29ClN4O6S. The molecule has 0 heterocycles. The highest BCUT2D eigenvalue weighted by Gasteiger charge is 2.27. The standard InChI is InChI=1S/C27H29ClN4O6S/c1-19(2)30-27(34)18-38-24-10-4-20(5-11-24)16-29-31-26(33)17-32(22-8-6-21(28)7-9-22)39(35,36)25-14-12-23(37-3)13-15-25/h4-16,19H,17-18H2,1-3H3,(H,30,34)(H,31,33)/b29-16+. The summed E-state index contributed by atoms with van der Waals surface area (Å²) in [6.45, 7) is 3.09. The van der Waals surface area contributed by atoms with Gasteiger partial charge in [-0.25, -0.2) is 13.8 Å². The van der Waals surface area contributed by atoms with Gasteiger partial charge in [0.15, 0.2) is 6.61 Å². The Hall–Kier alpha value is -4.09. The molecule has 0 aliphatic heterocycles. The summed E-state index contributed by atoms with van der Waals surface area (Å²) in [4.78, 5) is 24.4. The number of benzene rings is 3. The van der Waals surface area contributed by atoms with E-state index >= 15 is 0 Å². The number of methoxy groups -OCH3 is 1. The van der Waals surface area contributed by atoms with E-state index in [9.17, 15) is 18.0 Å². The predicted octanol–water partition coefficient (Wildman–Crippen LogP) is 3.60. The maximum Gasteiger partial charge on any atom is 0.264 e. The van der Waals surface area contributed by atoms with Crippen molar-refractivity contribution in [1.82, 2.24) is 10.7 Å². The summed E-state index contributed by atoms with van der Waals surface area (Å²) in [5, 5.41) is 7.08. The first-order valence-electron chi connectivity index (χ1n) is 11.8. The molecule has 0 aliphatic carbocycles. The normalized spacial score (nSPS) is 11.3. The Labute approximate surface area is 232 Å². The molecule has 0 saturated heterocycles. The van der Waals surface area contributed by atoms with Crippen molar-refractivity contribution >= 4 is 45.3 Å². The summed E-state index contributed by atoms with van der Waals surface area (Å²) in [6.07, 6.45) is 1.40. The highest BCUT2D eigenvalue weighted by Crippen LogP contribution is 2.26. The van der Waals surface area contributed by atoms with Crippen LogP contribution in [-0.4, -0.2) is 52.8 Å².